The summed E-state index contributed by atoms with van der Waals surface area (Å²) in [4.78, 5) is 1.78. The van der Waals surface area contributed by atoms with Gasteiger partial charge in [-0.2, -0.15) is 18.4 Å². The van der Waals surface area contributed by atoms with Crippen LogP contribution in [0.2, 0.25) is 0 Å². The zero-order valence-corrected chi connectivity index (χ0v) is 11.1. The molecule has 0 spiro atoms. The molecule has 2 fully saturated rings. The van der Waals surface area contributed by atoms with Gasteiger partial charge in [0.15, 0.2) is 0 Å². The number of rotatable bonds is 4. The highest BCUT2D eigenvalue weighted by atomic mass is 19.4. The number of nitrogens with zero attached hydrogens (tertiary/aromatic N) is 2. The van der Waals surface area contributed by atoms with E-state index in [1.807, 2.05) is 0 Å². The molecule has 1 saturated carbocycles. The highest BCUT2D eigenvalue weighted by Gasteiger charge is 2.43. The predicted octanol–water partition coefficient (Wildman–Crippen LogP) is 2.29. The lowest BCUT2D eigenvalue weighted by Crippen LogP contribution is -2.54. The van der Waals surface area contributed by atoms with Gasteiger partial charge in [-0.25, -0.2) is 0 Å². The molecule has 108 valence electrons. The third kappa shape index (κ3) is 4.08. The lowest BCUT2D eigenvalue weighted by Gasteiger charge is -2.37. The van der Waals surface area contributed by atoms with Crippen molar-refractivity contribution in [1.29, 1.82) is 5.26 Å². The lowest BCUT2D eigenvalue weighted by atomic mass is 9.95. The van der Waals surface area contributed by atoms with Crippen LogP contribution < -0.4 is 5.32 Å². The van der Waals surface area contributed by atoms with E-state index in [4.69, 9.17) is 0 Å². The van der Waals surface area contributed by atoms with Crippen LogP contribution in [0.4, 0.5) is 13.2 Å². The Hall–Kier alpha value is -0.800. The van der Waals surface area contributed by atoms with Crippen molar-refractivity contribution in [3.05, 3.63) is 0 Å². The van der Waals surface area contributed by atoms with Gasteiger partial charge in [0.1, 0.15) is 5.54 Å². The summed E-state index contributed by atoms with van der Waals surface area (Å²) < 4.78 is 38.2. The highest BCUT2D eigenvalue weighted by molar-refractivity contribution is 5.09. The minimum Gasteiger partial charge on any atom is -0.300 e. The van der Waals surface area contributed by atoms with E-state index < -0.39 is 17.6 Å². The number of piperidine rings is 1. The molecule has 0 bridgehead atoms. The Morgan fingerprint density at radius 1 is 1.32 bits per heavy atom. The first kappa shape index (κ1) is 14.6. The van der Waals surface area contributed by atoms with Crippen LogP contribution >= 0.6 is 0 Å². The molecule has 2 unspecified atom stereocenters. The van der Waals surface area contributed by atoms with Gasteiger partial charge >= 0.3 is 6.18 Å². The fourth-order valence-corrected chi connectivity index (χ4v) is 2.71. The Bertz CT molecular complexity index is 359. The SMILES string of the molecule is CC(C#N)(CN1CCCC(C(F)(F)F)C1)NC1CC1. The Labute approximate surface area is 111 Å². The molecule has 0 aromatic rings. The molecule has 1 aliphatic carbocycles. The van der Waals surface area contributed by atoms with Crippen molar-refractivity contribution in [2.45, 2.75) is 50.4 Å². The minimum atomic E-state index is -4.12. The minimum absolute atomic E-state index is 0.0209. The van der Waals surface area contributed by atoms with Crippen LogP contribution in [0.1, 0.15) is 32.6 Å². The van der Waals surface area contributed by atoms with E-state index in [0.717, 1.165) is 12.8 Å². The third-order valence-electron chi connectivity index (χ3n) is 3.86. The molecule has 6 heteroatoms. The van der Waals surface area contributed by atoms with Crippen LogP contribution in [0.25, 0.3) is 0 Å². The molecule has 2 aliphatic rings. The summed E-state index contributed by atoms with van der Waals surface area (Å²) in [5.74, 6) is -1.25. The fourth-order valence-electron chi connectivity index (χ4n) is 2.71. The van der Waals surface area contributed by atoms with Crippen LogP contribution in [-0.2, 0) is 0 Å². The standard InChI is InChI=1S/C13H20F3N3/c1-12(8-17,18-11-4-5-11)9-19-6-2-3-10(7-19)13(14,15)16/h10-11,18H,2-7,9H2,1H3. The molecule has 1 heterocycles. The van der Waals surface area contributed by atoms with Gasteiger partial charge in [0.25, 0.3) is 0 Å². The number of halogens is 3. The summed E-state index contributed by atoms with van der Waals surface area (Å²) in [6, 6.07) is 2.59. The largest absolute Gasteiger partial charge is 0.393 e. The molecular formula is C13H20F3N3. The first-order valence-electron chi connectivity index (χ1n) is 6.80. The number of nitriles is 1. The quantitative estimate of drug-likeness (QED) is 0.855. The average molecular weight is 275 g/mol. The zero-order chi connectivity index (χ0) is 14.1. The van der Waals surface area contributed by atoms with Gasteiger partial charge in [-0.1, -0.05) is 0 Å². The van der Waals surface area contributed by atoms with Crippen molar-refractivity contribution < 1.29 is 13.2 Å². The summed E-state index contributed by atoms with van der Waals surface area (Å²) in [5.41, 5.74) is -0.741. The first-order valence-corrected chi connectivity index (χ1v) is 6.80. The van der Waals surface area contributed by atoms with E-state index in [1.165, 1.54) is 0 Å². The Morgan fingerprint density at radius 3 is 2.53 bits per heavy atom. The molecule has 3 nitrogen and oxygen atoms in total. The highest BCUT2D eigenvalue weighted by Crippen LogP contribution is 2.33. The molecule has 2 atom stereocenters. The van der Waals surface area contributed by atoms with Gasteiger partial charge in [0.05, 0.1) is 12.0 Å². The van der Waals surface area contributed by atoms with Crippen molar-refractivity contribution >= 4 is 0 Å². The fraction of sp³-hybridized carbons (Fsp3) is 0.923. The second-order valence-electron chi connectivity index (χ2n) is 5.98. The maximum absolute atomic E-state index is 12.7. The Morgan fingerprint density at radius 2 is 2.00 bits per heavy atom. The maximum Gasteiger partial charge on any atom is 0.393 e. The smallest absolute Gasteiger partial charge is 0.300 e. The molecule has 0 aromatic carbocycles. The maximum atomic E-state index is 12.7. The van der Waals surface area contributed by atoms with E-state index in [2.05, 4.69) is 11.4 Å². The van der Waals surface area contributed by atoms with Crippen LogP contribution in [0, 0.1) is 17.2 Å². The predicted molar refractivity (Wildman–Crippen MR) is 65.4 cm³/mol. The molecular weight excluding hydrogens is 255 g/mol. The van der Waals surface area contributed by atoms with Gasteiger partial charge in [-0.05, 0) is 39.2 Å². The van der Waals surface area contributed by atoms with Gasteiger partial charge in [0.2, 0.25) is 0 Å². The molecule has 19 heavy (non-hydrogen) atoms. The van der Waals surface area contributed by atoms with Crippen LogP contribution in [0.5, 0.6) is 0 Å². The molecule has 0 amide bonds. The molecule has 1 N–H and O–H groups in total. The number of nitrogens with one attached hydrogen (secondary N) is 1. The van der Waals surface area contributed by atoms with E-state index in [1.54, 1.807) is 11.8 Å². The molecule has 1 saturated heterocycles. The monoisotopic (exact) mass is 275 g/mol. The van der Waals surface area contributed by atoms with Crippen molar-refractivity contribution in [3.63, 3.8) is 0 Å². The Kier molecular flexibility index (Phi) is 4.07. The van der Waals surface area contributed by atoms with Crippen molar-refractivity contribution in [3.8, 4) is 6.07 Å². The summed E-state index contributed by atoms with van der Waals surface area (Å²) in [5, 5.41) is 12.5. The van der Waals surface area contributed by atoms with Crippen molar-refractivity contribution in [2.24, 2.45) is 5.92 Å². The normalized spacial score (nSPS) is 28.7. The molecule has 0 radical (unpaired) electrons. The van der Waals surface area contributed by atoms with E-state index in [9.17, 15) is 18.4 Å². The molecule has 0 aromatic heterocycles. The van der Waals surface area contributed by atoms with E-state index in [0.29, 0.717) is 25.6 Å². The molecule has 1 aliphatic heterocycles. The summed E-state index contributed by atoms with van der Waals surface area (Å²) in [7, 11) is 0. The Balaban J connectivity index is 1.92. The first-order chi connectivity index (χ1) is 8.82. The van der Waals surface area contributed by atoms with Crippen LogP contribution in [0.3, 0.4) is 0 Å². The molecule has 2 rings (SSSR count). The zero-order valence-electron chi connectivity index (χ0n) is 11.1. The van der Waals surface area contributed by atoms with E-state index in [-0.39, 0.29) is 13.0 Å². The number of alkyl halides is 3. The second-order valence-corrected chi connectivity index (χ2v) is 5.98. The number of hydrogen-bond donors (Lipinski definition) is 1. The topological polar surface area (TPSA) is 39.1 Å². The van der Waals surface area contributed by atoms with Gasteiger partial charge in [0, 0.05) is 19.1 Å². The van der Waals surface area contributed by atoms with Crippen molar-refractivity contribution in [2.75, 3.05) is 19.6 Å². The third-order valence-corrected chi connectivity index (χ3v) is 3.86. The second kappa shape index (κ2) is 5.29. The van der Waals surface area contributed by atoms with Crippen LogP contribution in [0.15, 0.2) is 0 Å². The summed E-state index contributed by atoms with van der Waals surface area (Å²) in [6.07, 6.45) is -1.25. The van der Waals surface area contributed by atoms with E-state index >= 15 is 0 Å². The van der Waals surface area contributed by atoms with Gasteiger partial charge in [-0.15, -0.1) is 0 Å². The number of hydrogen-bond acceptors (Lipinski definition) is 3. The van der Waals surface area contributed by atoms with Gasteiger partial charge in [-0.3, -0.25) is 10.2 Å². The van der Waals surface area contributed by atoms with Gasteiger partial charge < -0.3 is 0 Å². The van der Waals surface area contributed by atoms with Crippen molar-refractivity contribution in [1.82, 2.24) is 10.2 Å². The lowest BCUT2D eigenvalue weighted by molar-refractivity contribution is -0.187. The summed E-state index contributed by atoms with van der Waals surface area (Å²) >= 11 is 0. The average Bonchev–Trinajstić information content (AvgIpc) is 3.12. The summed E-state index contributed by atoms with van der Waals surface area (Å²) in [6.45, 7) is 2.82. The van der Waals surface area contributed by atoms with Crippen LogP contribution in [-0.4, -0.2) is 42.3 Å². The number of likely N-dealkylation sites (tertiary alicyclic amines) is 1.